The molecule has 2 atom stereocenters. The van der Waals surface area contributed by atoms with Crippen molar-refractivity contribution in [1.29, 1.82) is 0 Å². The fourth-order valence-corrected chi connectivity index (χ4v) is 3.92. The predicted octanol–water partition coefficient (Wildman–Crippen LogP) is 0.988. The summed E-state index contributed by atoms with van der Waals surface area (Å²) in [5.74, 6) is 2.51. The van der Waals surface area contributed by atoms with E-state index in [4.69, 9.17) is 0 Å². The summed E-state index contributed by atoms with van der Waals surface area (Å²) >= 11 is 2.08. The molecule has 0 saturated carbocycles. The first-order valence-corrected chi connectivity index (χ1v) is 7.80. The summed E-state index contributed by atoms with van der Waals surface area (Å²) in [6, 6.07) is 3.34. The minimum atomic E-state index is 0.567. The number of nitrogens with zero attached hydrogens (tertiary/aromatic N) is 3. The van der Waals surface area contributed by atoms with Gasteiger partial charge < -0.3 is 10.2 Å². The van der Waals surface area contributed by atoms with Crippen LogP contribution in [0.2, 0.25) is 0 Å². The van der Waals surface area contributed by atoms with Gasteiger partial charge in [0.15, 0.2) is 0 Å². The molecule has 0 bridgehead atoms. The standard InChI is InChI=1S/C13H24N4S/c1-14-12(13-10-18-9-8-16(13)2)5-4-11-6-7-15-17(11)3/h6-7,12-14H,4-5,8-10H2,1-3H3. The summed E-state index contributed by atoms with van der Waals surface area (Å²) in [5, 5.41) is 7.73. The largest absolute Gasteiger partial charge is 0.315 e. The molecular weight excluding hydrogens is 244 g/mol. The van der Waals surface area contributed by atoms with Crippen LogP contribution in [-0.4, -0.2) is 58.9 Å². The zero-order valence-corrected chi connectivity index (χ0v) is 12.4. The second kappa shape index (κ2) is 6.59. The number of hydrogen-bond donors (Lipinski definition) is 1. The van der Waals surface area contributed by atoms with Gasteiger partial charge >= 0.3 is 0 Å². The van der Waals surface area contributed by atoms with E-state index in [1.54, 1.807) is 0 Å². The van der Waals surface area contributed by atoms with E-state index in [-0.39, 0.29) is 0 Å². The minimum absolute atomic E-state index is 0.567. The number of thioether (sulfide) groups is 1. The number of rotatable bonds is 5. The fourth-order valence-electron chi connectivity index (χ4n) is 2.61. The van der Waals surface area contributed by atoms with Gasteiger partial charge in [-0.1, -0.05) is 0 Å². The second-order valence-electron chi connectivity index (χ2n) is 5.00. The molecule has 2 heterocycles. The topological polar surface area (TPSA) is 33.1 Å². The Balaban J connectivity index is 1.90. The van der Waals surface area contributed by atoms with Crippen molar-refractivity contribution in [1.82, 2.24) is 20.0 Å². The Hall–Kier alpha value is -0.520. The molecule has 4 nitrogen and oxygen atoms in total. The smallest absolute Gasteiger partial charge is 0.0492 e. The van der Waals surface area contributed by atoms with E-state index in [0.717, 1.165) is 6.42 Å². The fraction of sp³-hybridized carbons (Fsp3) is 0.769. The van der Waals surface area contributed by atoms with Gasteiger partial charge in [0.25, 0.3) is 0 Å². The summed E-state index contributed by atoms with van der Waals surface area (Å²) in [7, 11) is 6.35. The lowest BCUT2D eigenvalue weighted by Gasteiger charge is -2.37. The van der Waals surface area contributed by atoms with Crippen molar-refractivity contribution in [2.75, 3.05) is 32.1 Å². The third-order valence-electron chi connectivity index (χ3n) is 3.91. The SMILES string of the molecule is CNC(CCc1ccnn1C)C1CSCCN1C. The lowest BCUT2D eigenvalue weighted by molar-refractivity contribution is 0.213. The zero-order valence-electron chi connectivity index (χ0n) is 11.6. The molecule has 0 aliphatic carbocycles. The summed E-state index contributed by atoms with van der Waals surface area (Å²) in [5.41, 5.74) is 1.32. The van der Waals surface area contributed by atoms with Gasteiger partial charge in [0.1, 0.15) is 0 Å². The molecule has 2 rings (SSSR count). The van der Waals surface area contributed by atoms with Crippen LogP contribution in [0.5, 0.6) is 0 Å². The molecular formula is C13H24N4S. The first-order chi connectivity index (χ1) is 8.72. The molecule has 2 unspecified atom stereocenters. The van der Waals surface area contributed by atoms with Gasteiger partial charge in [-0.05, 0) is 33.0 Å². The van der Waals surface area contributed by atoms with E-state index in [0.29, 0.717) is 12.1 Å². The van der Waals surface area contributed by atoms with Crippen molar-refractivity contribution in [3.05, 3.63) is 18.0 Å². The molecule has 1 saturated heterocycles. The molecule has 0 aromatic carbocycles. The van der Waals surface area contributed by atoms with Crippen LogP contribution in [0.15, 0.2) is 12.3 Å². The van der Waals surface area contributed by atoms with Crippen molar-refractivity contribution >= 4 is 11.8 Å². The minimum Gasteiger partial charge on any atom is -0.315 e. The molecule has 0 amide bonds. The number of nitrogens with one attached hydrogen (secondary N) is 1. The molecule has 1 N–H and O–H groups in total. The molecule has 0 spiro atoms. The Bertz CT molecular complexity index is 366. The molecule has 1 aromatic heterocycles. The first-order valence-electron chi connectivity index (χ1n) is 6.64. The Morgan fingerprint density at radius 2 is 2.39 bits per heavy atom. The lowest BCUT2D eigenvalue weighted by Crippen LogP contribution is -2.52. The Labute approximate surface area is 114 Å². The molecule has 5 heteroatoms. The van der Waals surface area contributed by atoms with Gasteiger partial charge in [-0.25, -0.2) is 0 Å². The Kier molecular flexibility index (Phi) is 5.09. The quantitative estimate of drug-likeness (QED) is 0.863. The van der Waals surface area contributed by atoms with Crippen molar-refractivity contribution in [3.8, 4) is 0 Å². The molecule has 1 fully saturated rings. The van der Waals surface area contributed by atoms with E-state index >= 15 is 0 Å². The third kappa shape index (κ3) is 3.28. The lowest BCUT2D eigenvalue weighted by atomic mass is 10.0. The monoisotopic (exact) mass is 268 g/mol. The van der Waals surface area contributed by atoms with E-state index in [2.05, 4.69) is 47.2 Å². The summed E-state index contributed by atoms with van der Waals surface area (Å²) in [6.07, 6.45) is 4.15. The van der Waals surface area contributed by atoms with E-state index in [1.807, 2.05) is 17.9 Å². The van der Waals surface area contributed by atoms with E-state index < -0.39 is 0 Å². The Morgan fingerprint density at radius 3 is 3.00 bits per heavy atom. The first kappa shape index (κ1) is 13.9. The highest BCUT2D eigenvalue weighted by atomic mass is 32.2. The molecule has 102 valence electrons. The highest BCUT2D eigenvalue weighted by molar-refractivity contribution is 7.99. The van der Waals surface area contributed by atoms with Crippen LogP contribution in [0.4, 0.5) is 0 Å². The average molecular weight is 268 g/mol. The maximum Gasteiger partial charge on any atom is 0.0492 e. The molecule has 18 heavy (non-hydrogen) atoms. The van der Waals surface area contributed by atoms with Gasteiger partial charge in [0.05, 0.1) is 0 Å². The number of hydrogen-bond acceptors (Lipinski definition) is 4. The molecule has 1 aliphatic heterocycles. The van der Waals surface area contributed by atoms with Crippen LogP contribution < -0.4 is 5.32 Å². The highest BCUT2D eigenvalue weighted by Gasteiger charge is 2.26. The number of aryl methyl sites for hydroxylation is 2. The van der Waals surface area contributed by atoms with Crippen LogP contribution >= 0.6 is 11.8 Å². The molecule has 1 aliphatic rings. The van der Waals surface area contributed by atoms with Crippen LogP contribution in [0.3, 0.4) is 0 Å². The van der Waals surface area contributed by atoms with Crippen molar-refractivity contribution < 1.29 is 0 Å². The van der Waals surface area contributed by atoms with Gasteiger partial charge in [-0.15, -0.1) is 0 Å². The van der Waals surface area contributed by atoms with Gasteiger partial charge in [0.2, 0.25) is 0 Å². The van der Waals surface area contributed by atoms with Crippen molar-refractivity contribution in [2.24, 2.45) is 7.05 Å². The zero-order chi connectivity index (χ0) is 13.0. The predicted molar refractivity (Wildman–Crippen MR) is 78.1 cm³/mol. The second-order valence-corrected chi connectivity index (χ2v) is 6.15. The summed E-state index contributed by atoms with van der Waals surface area (Å²) in [6.45, 7) is 1.21. The molecule has 0 radical (unpaired) electrons. The summed E-state index contributed by atoms with van der Waals surface area (Å²) < 4.78 is 1.98. The van der Waals surface area contributed by atoms with Crippen LogP contribution in [-0.2, 0) is 13.5 Å². The van der Waals surface area contributed by atoms with Crippen molar-refractivity contribution in [2.45, 2.75) is 24.9 Å². The maximum atomic E-state index is 4.23. The van der Waals surface area contributed by atoms with Crippen LogP contribution in [0, 0.1) is 0 Å². The van der Waals surface area contributed by atoms with Gasteiger partial charge in [-0.3, -0.25) is 4.68 Å². The summed E-state index contributed by atoms with van der Waals surface area (Å²) in [4.78, 5) is 2.50. The van der Waals surface area contributed by atoms with Gasteiger partial charge in [-0.2, -0.15) is 16.9 Å². The molecule has 1 aromatic rings. The van der Waals surface area contributed by atoms with Crippen LogP contribution in [0.25, 0.3) is 0 Å². The van der Waals surface area contributed by atoms with Gasteiger partial charge in [0, 0.05) is 49.1 Å². The number of aromatic nitrogens is 2. The average Bonchev–Trinajstić information content (AvgIpc) is 2.78. The van der Waals surface area contributed by atoms with E-state index in [9.17, 15) is 0 Å². The maximum absolute atomic E-state index is 4.23. The number of likely N-dealkylation sites (N-methyl/N-ethyl adjacent to an activating group) is 2. The van der Waals surface area contributed by atoms with Crippen molar-refractivity contribution in [3.63, 3.8) is 0 Å². The van der Waals surface area contributed by atoms with Crippen LogP contribution in [0.1, 0.15) is 12.1 Å². The highest BCUT2D eigenvalue weighted by Crippen LogP contribution is 2.19. The third-order valence-corrected chi connectivity index (χ3v) is 4.96. The Morgan fingerprint density at radius 1 is 1.56 bits per heavy atom. The van der Waals surface area contributed by atoms with E-state index in [1.165, 1.54) is 30.2 Å². The normalized spacial score (nSPS) is 23.2.